The fourth-order valence-electron chi connectivity index (χ4n) is 4.27. The Morgan fingerprint density at radius 1 is 1.06 bits per heavy atom. The molecule has 4 rings (SSSR count). The summed E-state index contributed by atoms with van der Waals surface area (Å²) in [5.74, 6) is 1.70. The van der Waals surface area contributed by atoms with Gasteiger partial charge >= 0.3 is 5.63 Å². The zero-order chi connectivity index (χ0) is 23.2. The van der Waals surface area contributed by atoms with E-state index in [4.69, 9.17) is 18.6 Å². The highest BCUT2D eigenvalue weighted by Gasteiger charge is 2.30. The maximum Gasteiger partial charge on any atom is 0.339 e. The highest BCUT2D eigenvalue weighted by atomic mass is 16.5. The molecule has 1 aromatic heterocycles. The zero-order valence-electron chi connectivity index (χ0n) is 19.0. The van der Waals surface area contributed by atoms with E-state index in [2.05, 4.69) is 10.5 Å². The van der Waals surface area contributed by atoms with Crippen LogP contribution in [0, 0.1) is 20.8 Å². The first-order valence-corrected chi connectivity index (χ1v) is 10.2. The van der Waals surface area contributed by atoms with E-state index in [1.165, 1.54) is 0 Å². The third-order valence-electron chi connectivity index (χ3n) is 6.06. The van der Waals surface area contributed by atoms with Crippen LogP contribution in [0.3, 0.4) is 0 Å². The van der Waals surface area contributed by atoms with E-state index in [-0.39, 0.29) is 11.8 Å². The van der Waals surface area contributed by atoms with Crippen molar-refractivity contribution in [3.8, 4) is 23.0 Å². The van der Waals surface area contributed by atoms with Crippen molar-refractivity contribution in [2.45, 2.75) is 33.2 Å². The standard InChI is InChI=1S/C24H26N2O6/c1-11-9-18-20(12(2)13(3)24(28)32-18)21(27)19(11)16-10-15(25-26-16)14-7-8-17(29-4)23(31-6)22(14)30-5/h7-9,15,25,27H,10H2,1-6H3/t15-/m1/s1. The van der Waals surface area contributed by atoms with Crippen molar-refractivity contribution in [1.29, 1.82) is 0 Å². The normalized spacial score (nSPS) is 15.4. The molecule has 1 atom stereocenters. The first-order chi connectivity index (χ1) is 15.3. The third kappa shape index (κ3) is 3.23. The van der Waals surface area contributed by atoms with Gasteiger partial charge in [-0.2, -0.15) is 5.10 Å². The number of ether oxygens (including phenoxy) is 3. The number of nitrogens with zero attached hydrogens (tertiary/aromatic N) is 1. The highest BCUT2D eigenvalue weighted by molar-refractivity contribution is 6.09. The van der Waals surface area contributed by atoms with Crippen molar-refractivity contribution < 1.29 is 23.7 Å². The molecular formula is C24H26N2O6. The van der Waals surface area contributed by atoms with Crippen LogP contribution in [0.25, 0.3) is 11.0 Å². The highest BCUT2D eigenvalue weighted by Crippen LogP contribution is 2.44. The van der Waals surface area contributed by atoms with Crippen LogP contribution in [0.15, 0.2) is 32.5 Å². The molecule has 168 valence electrons. The lowest BCUT2D eigenvalue weighted by Crippen LogP contribution is -2.12. The van der Waals surface area contributed by atoms with Gasteiger partial charge < -0.3 is 29.2 Å². The Morgan fingerprint density at radius 3 is 2.44 bits per heavy atom. The van der Waals surface area contributed by atoms with Gasteiger partial charge in [-0.15, -0.1) is 0 Å². The predicted octanol–water partition coefficient (Wildman–Crippen LogP) is 3.89. The molecule has 0 fully saturated rings. The van der Waals surface area contributed by atoms with Crippen LogP contribution in [0.2, 0.25) is 0 Å². The summed E-state index contributed by atoms with van der Waals surface area (Å²) in [5.41, 5.74) is 7.24. The van der Waals surface area contributed by atoms with Crippen LogP contribution < -0.4 is 25.3 Å². The van der Waals surface area contributed by atoms with E-state index in [1.807, 2.05) is 19.1 Å². The first kappa shape index (κ1) is 21.5. The Morgan fingerprint density at radius 2 is 1.78 bits per heavy atom. The van der Waals surface area contributed by atoms with Crippen molar-refractivity contribution in [2.24, 2.45) is 5.10 Å². The monoisotopic (exact) mass is 438 g/mol. The van der Waals surface area contributed by atoms with Crippen molar-refractivity contribution in [3.63, 3.8) is 0 Å². The maximum absolute atomic E-state index is 12.1. The van der Waals surface area contributed by atoms with Crippen LogP contribution >= 0.6 is 0 Å². The second kappa shape index (κ2) is 8.11. The minimum atomic E-state index is -0.401. The van der Waals surface area contributed by atoms with E-state index in [0.717, 1.165) is 11.1 Å². The number of phenolic OH excluding ortho intramolecular Hbond substituents is 1. The number of hydrogen-bond donors (Lipinski definition) is 2. The van der Waals surface area contributed by atoms with Crippen molar-refractivity contribution in [1.82, 2.24) is 5.43 Å². The quantitative estimate of drug-likeness (QED) is 0.583. The summed E-state index contributed by atoms with van der Waals surface area (Å²) in [6.45, 7) is 5.35. The van der Waals surface area contributed by atoms with Gasteiger partial charge in [-0.25, -0.2) is 4.79 Å². The topological polar surface area (TPSA) is 103 Å². The SMILES string of the molecule is COc1ccc([C@H]2CC(c3c(C)cc4oc(=O)c(C)c(C)c4c3O)=NN2)c(OC)c1OC. The summed E-state index contributed by atoms with van der Waals surface area (Å²) >= 11 is 0. The van der Waals surface area contributed by atoms with Crippen molar-refractivity contribution in [3.05, 3.63) is 56.4 Å². The molecule has 2 aromatic carbocycles. The van der Waals surface area contributed by atoms with E-state index in [1.54, 1.807) is 41.2 Å². The largest absolute Gasteiger partial charge is 0.506 e. The van der Waals surface area contributed by atoms with Crippen LogP contribution in [0.5, 0.6) is 23.0 Å². The Kier molecular flexibility index (Phi) is 5.46. The van der Waals surface area contributed by atoms with Gasteiger partial charge in [-0.05, 0) is 50.1 Å². The molecule has 2 heterocycles. The van der Waals surface area contributed by atoms with Crippen molar-refractivity contribution >= 4 is 16.7 Å². The molecule has 1 aliphatic heterocycles. The number of phenols is 1. The van der Waals surface area contributed by atoms with E-state index in [0.29, 0.717) is 57.0 Å². The average molecular weight is 438 g/mol. The molecule has 0 spiro atoms. The van der Waals surface area contributed by atoms with Crippen LogP contribution in [-0.4, -0.2) is 32.1 Å². The number of benzene rings is 2. The number of fused-ring (bicyclic) bond motifs is 1. The van der Waals surface area contributed by atoms with E-state index >= 15 is 0 Å². The van der Waals surface area contributed by atoms with Gasteiger partial charge in [0.15, 0.2) is 11.5 Å². The Hall–Kier alpha value is -3.68. The summed E-state index contributed by atoms with van der Waals surface area (Å²) in [7, 11) is 4.71. The molecule has 0 unspecified atom stereocenters. The summed E-state index contributed by atoms with van der Waals surface area (Å²) in [6.07, 6.45) is 0.514. The predicted molar refractivity (Wildman–Crippen MR) is 121 cm³/mol. The molecular weight excluding hydrogens is 412 g/mol. The molecule has 2 N–H and O–H groups in total. The minimum absolute atomic E-state index is 0.0600. The molecule has 0 saturated heterocycles. The molecule has 0 bridgehead atoms. The molecule has 32 heavy (non-hydrogen) atoms. The fraction of sp³-hybridized carbons (Fsp3) is 0.333. The zero-order valence-corrected chi connectivity index (χ0v) is 19.0. The van der Waals surface area contributed by atoms with Gasteiger partial charge in [0.25, 0.3) is 0 Å². The molecule has 0 amide bonds. The second-order valence-electron chi connectivity index (χ2n) is 7.80. The van der Waals surface area contributed by atoms with Crippen LogP contribution in [0.1, 0.15) is 40.3 Å². The fourth-order valence-corrected chi connectivity index (χ4v) is 4.27. The average Bonchev–Trinajstić information content (AvgIpc) is 3.25. The minimum Gasteiger partial charge on any atom is -0.506 e. The number of rotatable bonds is 5. The summed E-state index contributed by atoms with van der Waals surface area (Å²) in [6, 6.07) is 5.31. The second-order valence-corrected chi connectivity index (χ2v) is 7.80. The van der Waals surface area contributed by atoms with Gasteiger partial charge in [0.1, 0.15) is 11.3 Å². The Balaban J connectivity index is 1.77. The number of nitrogens with one attached hydrogen (secondary N) is 1. The lowest BCUT2D eigenvalue weighted by molar-refractivity contribution is 0.320. The van der Waals surface area contributed by atoms with Gasteiger partial charge in [0.05, 0.1) is 38.5 Å². The first-order valence-electron chi connectivity index (χ1n) is 10.2. The Bertz CT molecular complexity index is 1310. The number of methoxy groups -OCH3 is 3. The molecule has 8 nitrogen and oxygen atoms in total. The molecule has 8 heteroatoms. The lowest BCUT2D eigenvalue weighted by Gasteiger charge is -2.19. The smallest absolute Gasteiger partial charge is 0.339 e. The van der Waals surface area contributed by atoms with Gasteiger partial charge in [-0.3, -0.25) is 0 Å². The number of aromatic hydroxyl groups is 1. The summed E-state index contributed by atoms with van der Waals surface area (Å²) in [5, 5.41) is 16.2. The maximum atomic E-state index is 12.1. The summed E-state index contributed by atoms with van der Waals surface area (Å²) in [4.78, 5) is 12.1. The molecule has 0 saturated carbocycles. The molecule has 0 aliphatic carbocycles. The van der Waals surface area contributed by atoms with Gasteiger partial charge in [-0.1, -0.05) is 0 Å². The molecule has 3 aromatic rings. The van der Waals surface area contributed by atoms with Gasteiger partial charge in [0, 0.05) is 23.1 Å². The molecule has 0 radical (unpaired) electrons. The van der Waals surface area contributed by atoms with Gasteiger partial charge in [0.2, 0.25) is 5.75 Å². The lowest BCUT2D eigenvalue weighted by atomic mass is 9.92. The third-order valence-corrected chi connectivity index (χ3v) is 6.06. The summed E-state index contributed by atoms with van der Waals surface area (Å²) < 4.78 is 21.9. The van der Waals surface area contributed by atoms with Crippen LogP contribution in [0.4, 0.5) is 0 Å². The van der Waals surface area contributed by atoms with Crippen LogP contribution in [-0.2, 0) is 0 Å². The number of aryl methyl sites for hydroxylation is 2. The number of hydrazone groups is 1. The van der Waals surface area contributed by atoms with E-state index < -0.39 is 5.63 Å². The van der Waals surface area contributed by atoms with E-state index in [9.17, 15) is 9.90 Å². The Labute approximate surface area is 185 Å². The number of hydrogen-bond acceptors (Lipinski definition) is 8. The molecule has 1 aliphatic rings. The van der Waals surface area contributed by atoms with Crippen molar-refractivity contribution in [2.75, 3.05) is 21.3 Å².